The van der Waals surface area contributed by atoms with Crippen LogP contribution in [-0.4, -0.2) is 16.9 Å². The lowest BCUT2D eigenvalue weighted by Gasteiger charge is -2.03. The van der Waals surface area contributed by atoms with Gasteiger partial charge in [-0.05, 0) is 11.5 Å². The van der Waals surface area contributed by atoms with Crippen molar-refractivity contribution in [3.8, 4) is 0 Å². The molecule has 1 aromatic carbocycles. The van der Waals surface area contributed by atoms with E-state index in [4.69, 9.17) is 5.73 Å². The van der Waals surface area contributed by atoms with Gasteiger partial charge in [0, 0.05) is 11.6 Å². The van der Waals surface area contributed by atoms with Gasteiger partial charge in [0.2, 0.25) is 0 Å². The molecule has 1 heterocycles. The first-order valence-electron chi connectivity index (χ1n) is 4.63. The Labute approximate surface area is 91.3 Å². The molecule has 0 saturated carbocycles. The van der Waals surface area contributed by atoms with E-state index in [1.54, 1.807) is 18.2 Å². The van der Waals surface area contributed by atoms with Crippen LogP contribution in [0.4, 0.5) is 4.79 Å². The number of pyridine rings is 1. The number of nitrogens with one attached hydrogen (secondary N) is 1. The number of hydrogen-bond donors (Lipinski definition) is 2. The van der Waals surface area contributed by atoms with E-state index in [1.807, 2.05) is 17.4 Å². The fourth-order valence-corrected chi connectivity index (χ4v) is 1.47. The third-order valence-corrected chi connectivity index (χ3v) is 2.13. The van der Waals surface area contributed by atoms with E-state index in [9.17, 15) is 9.59 Å². The molecule has 2 rings (SSSR count). The van der Waals surface area contributed by atoms with E-state index in [0.717, 1.165) is 5.39 Å². The van der Waals surface area contributed by atoms with Crippen molar-refractivity contribution in [1.82, 2.24) is 10.3 Å². The summed E-state index contributed by atoms with van der Waals surface area (Å²) in [5, 5.41) is 3.55. The number of primary amides is 1. The number of carbonyl (C=O) groups excluding carboxylic acids is 2. The van der Waals surface area contributed by atoms with Gasteiger partial charge in [-0.15, -0.1) is 0 Å². The lowest BCUT2D eigenvalue weighted by molar-refractivity contribution is 0.0963. The first-order chi connectivity index (χ1) is 7.68. The van der Waals surface area contributed by atoms with Gasteiger partial charge in [0.15, 0.2) is 0 Å². The molecular formula is C11H9N3O2. The van der Waals surface area contributed by atoms with E-state index < -0.39 is 11.9 Å². The van der Waals surface area contributed by atoms with Gasteiger partial charge in [0.25, 0.3) is 5.91 Å². The summed E-state index contributed by atoms with van der Waals surface area (Å²) in [5.74, 6) is -0.593. The smallest absolute Gasteiger partial charge is 0.319 e. The molecule has 0 aliphatic carbocycles. The monoisotopic (exact) mass is 215 g/mol. The molecule has 0 bridgehead atoms. The highest BCUT2D eigenvalue weighted by molar-refractivity contribution is 6.10. The lowest BCUT2D eigenvalue weighted by atomic mass is 10.1. The van der Waals surface area contributed by atoms with Gasteiger partial charge in [0.05, 0.1) is 0 Å². The maximum Gasteiger partial charge on any atom is 0.319 e. The summed E-state index contributed by atoms with van der Waals surface area (Å²) in [5.41, 5.74) is 5.07. The van der Waals surface area contributed by atoms with Crippen LogP contribution in [-0.2, 0) is 0 Å². The predicted molar refractivity (Wildman–Crippen MR) is 58.8 cm³/mol. The largest absolute Gasteiger partial charge is 0.351 e. The van der Waals surface area contributed by atoms with E-state index in [1.165, 1.54) is 6.20 Å². The normalized spacial score (nSPS) is 10.0. The lowest BCUT2D eigenvalue weighted by Crippen LogP contribution is -2.35. The van der Waals surface area contributed by atoms with Crippen molar-refractivity contribution in [3.63, 3.8) is 0 Å². The highest BCUT2D eigenvalue weighted by Crippen LogP contribution is 2.15. The van der Waals surface area contributed by atoms with Crippen LogP contribution in [0.1, 0.15) is 10.5 Å². The number of urea groups is 1. The van der Waals surface area contributed by atoms with Crippen molar-refractivity contribution < 1.29 is 9.59 Å². The molecule has 0 atom stereocenters. The molecule has 0 saturated heterocycles. The molecule has 0 aliphatic rings. The second-order valence-corrected chi connectivity index (χ2v) is 3.20. The minimum atomic E-state index is -0.889. The summed E-state index contributed by atoms with van der Waals surface area (Å²) in [6.45, 7) is 0. The summed E-state index contributed by atoms with van der Waals surface area (Å²) in [6.07, 6.45) is 1.51. The molecule has 80 valence electrons. The Morgan fingerprint density at radius 3 is 2.69 bits per heavy atom. The van der Waals surface area contributed by atoms with Gasteiger partial charge >= 0.3 is 6.03 Å². The van der Waals surface area contributed by atoms with Crippen molar-refractivity contribution in [2.24, 2.45) is 5.73 Å². The van der Waals surface area contributed by atoms with E-state index in [-0.39, 0.29) is 5.69 Å². The Hall–Kier alpha value is -2.43. The van der Waals surface area contributed by atoms with Gasteiger partial charge < -0.3 is 5.73 Å². The molecule has 0 fully saturated rings. The SMILES string of the molecule is NC(=O)NC(=O)c1nccc2ccccc12. The number of imide groups is 1. The van der Waals surface area contributed by atoms with Gasteiger partial charge in [-0.2, -0.15) is 0 Å². The van der Waals surface area contributed by atoms with Crippen LogP contribution >= 0.6 is 0 Å². The third kappa shape index (κ3) is 1.83. The second-order valence-electron chi connectivity index (χ2n) is 3.20. The van der Waals surface area contributed by atoms with Crippen molar-refractivity contribution in [3.05, 3.63) is 42.2 Å². The molecule has 2 aromatic rings. The van der Waals surface area contributed by atoms with Crippen LogP contribution in [0.3, 0.4) is 0 Å². The van der Waals surface area contributed by atoms with Gasteiger partial charge in [-0.25, -0.2) is 4.79 Å². The zero-order chi connectivity index (χ0) is 11.5. The van der Waals surface area contributed by atoms with Crippen LogP contribution in [0, 0.1) is 0 Å². The van der Waals surface area contributed by atoms with Crippen molar-refractivity contribution >= 4 is 22.7 Å². The zero-order valence-corrected chi connectivity index (χ0v) is 8.31. The first kappa shape index (κ1) is 10.1. The van der Waals surface area contributed by atoms with Crippen LogP contribution in [0.15, 0.2) is 36.5 Å². The zero-order valence-electron chi connectivity index (χ0n) is 8.31. The molecule has 3 N–H and O–H groups in total. The molecule has 1 aromatic heterocycles. The summed E-state index contributed by atoms with van der Waals surface area (Å²) < 4.78 is 0. The van der Waals surface area contributed by atoms with E-state index in [2.05, 4.69) is 4.98 Å². The van der Waals surface area contributed by atoms with Gasteiger partial charge in [-0.3, -0.25) is 15.1 Å². The number of nitrogens with zero attached hydrogens (tertiary/aromatic N) is 1. The second kappa shape index (κ2) is 3.98. The molecule has 3 amide bonds. The highest BCUT2D eigenvalue weighted by atomic mass is 16.2. The number of carbonyl (C=O) groups is 2. The number of rotatable bonds is 1. The van der Waals surface area contributed by atoms with Gasteiger partial charge in [0.1, 0.15) is 5.69 Å². The van der Waals surface area contributed by atoms with Gasteiger partial charge in [-0.1, -0.05) is 24.3 Å². The minimum Gasteiger partial charge on any atom is -0.351 e. The Kier molecular flexibility index (Phi) is 2.51. The van der Waals surface area contributed by atoms with Crippen molar-refractivity contribution in [2.75, 3.05) is 0 Å². The number of fused-ring (bicyclic) bond motifs is 1. The molecule has 0 spiro atoms. The van der Waals surface area contributed by atoms with Crippen molar-refractivity contribution in [1.29, 1.82) is 0 Å². The Morgan fingerprint density at radius 1 is 1.19 bits per heavy atom. The summed E-state index contributed by atoms with van der Waals surface area (Å²) in [4.78, 5) is 26.1. The molecule has 5 nitrogen and oxygen atoms in total. The Balaban J connectivity index is 2.52. The Morgan fingerprint density at radius 2 is 1.94 bits per heavy atom. The number of nitrogens with two attached hydrogens (primary N) is 1. The quantitative estimate of drug-likeness (QED) is 0.745. The highest BCUT2D eigenvalue weighted by Gasteiger charge is 2.12. The average molecular weight is 215 g/mol. The predicted octanol–water partition coefficient (Wildman–Crippen LogP) is 1.04. The molecule has 16 heavy (non-hydrogen) atoms. The standard InChI is InChI=1S/C11H9N3O2/c12-11(16)14-10(15)9-8-4-2-1-3-7(8)5-6-13-9/h1-6H,(H3,12,14,15,16). The van der Waals surface area contributed by atoms with Crippen LogP contribution in [0.25, 0.3) is 10.8 Å². The molecular weight excluding hydrogens is 206 g/mol. The van der Waals surface area contributed by atoms with Crippen LogP contribution < -0.4 is 11.1 Å². The first-order valence-corrected chi connectivity index (χ1v) is 4.63. The third-order valence-electron chi connectivity index (χ3n) is 2.13. The molecule has 0 aliphatic heterocycles. The maximum atomic E-state index is 11.6. The number of benzene rings is 1. The fraction of sp³-hybridized carbons (Fsp3) is 0. The topological polar surface area (TPSA) is 85.1 Å². The van der Waals surface area contributed by atoms with Crippen LogP contribution in [0.2, 0.25) is 0 Å². The molecule has 0 unspecified atom stereocenters. The molecule has 5 heteroatoms. The Bertz CT molecular complexity index is 561. The number of aromatic nitrogens is 1. The summed E-state index contributed by atoms with van der Waals surface area (Å²) in [7, 11) is 0. The summed E-state index contributed by atoms with van der Waals surface area (Å²) >= 11 is 0. The number of amides is 3. The molecule has 0 radical (unpaired) electrons. The fourth-order valence-electron chi connectivity index (χ4n) is 1.47. The van der Waals surface area contributed by atoms with Crippen LogP contribution in [0.5, 0.6) is 0 Å². The van der Waals surface area contributed by atoms with E-state index in [0.29, 0.717) is 5.39 Å². The average Bonchev–Trinajstić information content (AvgIpc) is 2.27. The number of hydrogen-bond acceptors (Lipinski definition) is 3. The summed E-state index contributed by atoms with van der Waals surface area (Å²) in [6, 6.07) is 8.18. The minimum absolute atomic E-state index is 0.192. The van der Waals surface area contributed by atoms with E-state index >= 15 is 0 Å². The maximum absolute atomic E-state index is 11.6. The van der Waals surface area contributed by atoms with Crippen molar-refractivity contribution in [2.45, 2.75) is 0 Å².